The van der Waals surface area contributed by atoms with Gasteiger partial charge in [0.15, 0.2) is 12.4 Å². The minimum atomic E-state index is -1.29. The zero-order chi connectivity index (χ0) is 24.8. The van der Waals surface area contributed by atoms with Crippen molar-refractivity contribution >= 4 is 5.97 Å². The van der Waals surface area contributed by atoms with Crippen LogP contribution in [0.2, 0.25) is 0 Å². The average molecular weight is 465 g/mol. The molecule has 6 nitrogen and oxygen atoms in total. The molecule has 0 radical (unpaired) electrons. The first-order valence-corrected chi connectivity index (χ1v) is 12.3. The first-order valence-electron chi connectivity index (χ1n) is 12.3. The number of esters is 1. The SMILES string of the molecule is CCC(C)=CC(=O)OC1C(O)C(C)OC(OC(C)(CCC=C(C)C)C2CC=C(C)CC2)C1O. The first-order chi connectivity index (χ1) is 15.5. The summed E-state index contributed by atoms with van der Waals surface area (Å²) in [4.78, 5) is 12.3. The molecule has 1 aliphatic heterocycles. The number of hydrogen-bond donors (Lipinski definition) is 2. The second kappa shape index (κ2) is 12.3. The van der Waals surface area contributed by atoms with Crippen LogP contribution in [0.5, 0.6) is 0 Å². The van der Waals surface area contributed by atoms with Gasteiger partial charge < -0.3 is 24.4 Å². The molecule has 1 fully saturated rings. The molecule has 1 saturated heterocycles. The van der Waals surface area contributed by atoms with Crippen molar-refractivity contribution in [3.05, 3.63) is 34.9 Å². The normalized spacial score (nSPS) is 32.5. The van der Waals surface area contributed by atoms with Crippen molar-refractivity contribution in [1.82, 2.24) is 0 Å². The van der Waals surface area contributed by atoms with Crippen LogP contribution in [0.3, 0.4) is 0 Å². The summed E-state index contributed by atoms with van der Waals surface area (Å²) in [5.74, 6) is -0.301. The molecule has 7 atom stereocenters. The summed E-state index contributed by atoms with van der Waals surface area (Å²) < 4.78 is 17.9. The summed E-state index contributed by atoms with van der Waals surface area (Å²) >= 11 is 0. The number of ether oxygens (including phenoxy) is 3. The first kappa shape index (κ1) is 27.8. The van der Waals surface area contributed by atoms with E-state index in [2.05, 4.69) is 39.8 Å². The Labute approximate surface area is 199 Å². The Hall–Kier alpha value is -1.47. The van der Waals surface area contributed by atoms with Gasteiger partial charge in [0, 0.05) is 6.08 Å². The molecule has 0 aromatic rings. The predicted octanol–water partition coefficient (Wildman–Crippen LogP) is 4.99. The summed E-state index contributed by atoms with van der Waals surface area (Å²) in [7, 11) is 0. The summed E-state index contributed by atoms with van der Waals surface area (Å²) in [6, 6.07) is 0. The van der Waals surface area contributed by atoms with E-state index in [1.807, 2.05) is 13.8 Å². The van der Waals surface area contributed by atoms with Crippen molar-refractivity contribution in [2.75, 3.05) is 0 Å². The van der Waals surface area contributed by atoms with Gasteiger partial charge in [-0.2, -0.15) is 0 Å². The summed E-state index contributed by atoms with van der Waals surface area (Å²) in [6.45, 7) is 13.9. The smallest absolute Gasteiger partial charge is 0.331 e. The molecule has 2 rings (SSSR count). The van der Waals surface area contributed by atoms with Crippen LogP contribution in [-0.4, -0.2) is 52.5 Å². The molecule has 1 aliphatic carbocycles. The van der Waals surface area contributed by atoms with Crippen molar-refractivity contribution < 1.29 is 29.2 Å². The Kier molecular flexibility index (Phi) is 10.3. The van der Waals surface area contributed by atoms with E-state index in [0.29, 0.717) is 0 Å². The van der Waals surface area contributed by atoms with E-state index >= 15 is 0 Å². The molecule has 0 saturated carbocycles. The van der Waals surface area contributed by atoms with Gasteiger partial charge in [-0.3, -0.25) is 0 Å². The van der Waals surface area contributed by atoms with E-state index < -0.39 is 42.3 Å². The van der Waals surface area contributed by atoms with Crippen LogP contribution in [0, 0.1) is 5.92 Å². The Morgan fingerprint density at radius 2 is 1.97 bits per heavy atom. The van der Waals surface area contributed by atoms with Crippen LogP contribution >= 0.6 is 0 Å². The number of carbonyl (C=O) groups excluding carboxylic acids is 1. The Morgan fingerprint density at radius 1 is 1.27 bits per heavy atom. The second-order valence-electron chi connectivity index (χ2n) is 10.2. The van der Waals surface area contributed by atoms with Gasteiger partial charge in [-0.05, 0) is 86.0 Å². The maximum atomic E-state index is 12.3. The lowest BCUT2D eigenvalue weighted by Gasteiger charge is -2.46. The molecular weight excluding hydrogens is 420 g/mol. The lowest BCUT2D eigenvalue weighted by atomic mass is 9.76. The van der Waals surface area contributed by atoms with Crippen molar-refractivity contribution in [2.45, 2.75) is 123 Å². The fourth-order valence-electron chi connectivity index (χ4n) is 4.50. The van der Waals surface area contributed by atoms with Crippen molar-refractivity contribution in [3.63, 3.8) is 0 Å². The lowest BCUT2D eigenvalue weighted by Crippen LogP contribution is -2.60. The number of allylic oxidation sites excluding steroid dienone is 5. The summed E-state index contributed by atoms with van der Waals surface area (Å²) in [5, 5.41) is 21.6. The van der Waals surface area contributed by atoms with E-state index in [1.54, 1.807) is 6.92 Å². The molecule has 0 bridgehead atoms. The topological polar surface area (TPSA) is 85.2 Å². The van der Waals surface area contributed by atoms with Crippen LogP contribution in [0.15, 0.2) is 34.9 Å². The van der Waals surface area contributed by atoms with Gasteiger partial charge in [0.2, 0.25) is 0 Å². The van der Waals surface area contributed by atoms with Crippen LogP contribution in [-0.2, 0) is 19.0 Å². The quantitative estimate of drug-likeness (QED) is 0.284. The number of hydrogen-bond acceptors (Lipinski definition) is 6. The Balaban J connectivity index is 2.22. The van der Waals surface area contributed by atoms with Gasteiger partial charge >= 0.3 is 5.97 Å². The highest BCUT2D eigenvalue weighted by molar-refractivity contribution is 5.82. The van der Waals surface area contributed by atoms with Crippen molar-refractivity contribution in [3.8, 4) is 0 Å². The monoisotopic (exact) mass is 464 g/mol. The molecule has 6 heteroatoms. The molecule has 7 unspecified atom stereocenters. The Morgan fingerprint density at radius 3 is 2.55 bits per heavy atom. The molecule has 2 N–H and O–H groups in total. The molecule has 0 aromatic carbocycles. The fourth-order valence-corrected chi connectivity index (χ4v) is 4.50. The summed E-state index contributed by atoms with van der Waals surface area (Å²) in [5.41, 5.74) is 2.98. The minimum Gasteiger partial charge on any atom is -0.453 e. The molecule has 188 valence electrons. The summed E-state index contributed by atoms with van der Waals surface area (Å²) in [6.07, 6.45) is 5.97. The lowest BCUT2D eigenvalue weighted by molar-refractivity contribution is -0.326. The highest BCUT2D eigenvalue weighted by Crippen LogP contribution is 2.40. The van der Waals surface area contributed by atoms with E-state index in [-0.39, 0.29) is 5.92 Å². The van der Waals surface area contributed by atoms with Gasteiger partial charge in [-0.1, -0.05) is 35.8 Å². The number of aliphatic hydroxyl groups excluding tert-OH is 2. The third-order valence-electron chi connectivity index (χ3n) is 7.04. The van der Waals surface area contributed by atoms with Gasteiger partial charge in [-0.25, -0.2) is 4.79 Å². The number of aliphatic hydroxyl groups is 2. The van der Waals surface area contributed by atoms with Gasteiger partial charge in [0.05, 0.1) is 11.7 Å². The Bertz CT molecular complexity index is 750. The fraction of sp³-hybridized carbons (Fsp3) is 0.741. The molecule has 33 heavy (non-hydrogen) atoms. The molecule has 0 aromatic heterocycles. The molecule has 2 aliphatic rings. The van der Waals surface area contributed by atoms with E-state index in [4.69, 9.17) is 14.2 Å². The third kappa shape index (κ3) is 7.78. The third-order valence-corrected chi connectivity index (χ3v) is 7.04. The van der Waals surface area contributed by atoms with E-state index in [0.717, 1.165) is 44.1 Å². The van der Waals surface area contributed by atoms with E-state index in [1.165, 1.54) is 17.2 Å². The maximum absolute atomic E-state index is 12.3. The largest absolute Gasteiger partial charge is 0.453 e. The van der Waals surface area contributed by atoms with Crippen LogP contribution in [0.25, 0.3) is 0 Å². The second-order valence-corrected chi connectivity index (χ2v) is 10.2. The highest BCUT2D eigenvalue weighted by atomic mass is 16.7. The zero-order valence-electron chi connectivity index (χ0n) is 21.5. The van der Waals surface area contributed by atoms with Crippen LogP contribution in [0.1, 0.15) is 87.0 Å². The molecule has 1 heterocycles. The molecular formula is C27H44O6. The van der Waals surface area contributed by atoms with Crippen molar-refractivity contribution in [1.29, 1.82) is 0 Å². The highest BCUT2D eigenvalue weighted by Gasteiger charge is 2.49. The number of carbonyl (C=O) groups is 1. The predicted molar refractivity (Wildman–Crippen MR) is 130 cm³/mol. The maximum Gasteiger partial charge on any atom is 0.331 e. The van der Waals surface area contributed by atoms with E-state index in [9.17, 15) is 15.0 Å². The molecule has 0 amide bonds. The van der Waals surface area contributed by atoms with Crippen LogP contribution < -0.4 is 0 Å². The average Bonchev–Trinajstić information content (AvgIpc) is 2.75. The number of rotatable bonds is 9. The van der Waals surface area contributed by atoms with Gasteiger partial charge in [-0.15, -0.1) is 0 Å². The van der Waals surface area contributed by atoms with Gasteiger partial charge in [0.1, 0.15) is 12.2 Å². The zero-order valence-corrected chi connectivity index (χ0v) is 21.5. The minimum absolute atomic E-state index is 0.279. The van der Waals surface area contributed by atoms with Crippen LogP contribution in [0.4, 0.5) is 0 Å². The van der Waals surface area contributed by atoms with Gasteiger partial charge in [0.25, 0.3) is 0 Å². The van der Waals surface area contributed by atoms with Crippen molar-refractivity contribution in [2.24, 2.45) is 5.92 Å². The standard InChI is InChI=1S/C27H44O6/c1-8-18(4)16-22(28)32-25-23(29)20(6)31-26(24(25)30)33-27(7,15-9-10-17(2)3)21-13-11-19(5)12-14-21/h10-11,16,20-21,23-26,29-30H,8-9,12-15H2,1-7H3. The molecule has 0 spiro atoms.